The number of alkyl carbamates (subject to hydrolysis) is 1. The van der Waals surface area contributed by atoms with E-state index in [1.807, 2.05) is 30.3 Å². The van der Waals surface area contributed by atoms with Crippen LogP contribution in [-0.2, 0) is 10.5 Å². The molecular formula is C28H27ClF3N5O5S. The molecule has 5 rings (SSSR count). The third-order valence-corrected chi connectivity index (χ3v) is 8.62. The molecule has 0 unspecified atom stereocenters. The van der Waals surface area contributed by atoms with Crippen molar-refractivity contribution in [2.45, 2.75) is 35.8 Å². The SMILES string of the molecule is C[C@@H](N1CN([C@@H]2c3ccccc3SCc3c(Cl)cccc32)n2ccc(=O)c(OCOC(=O)NCCN)c2C1=O)C(F)(F)F. The molecule has 43 heavy (non-hydrogen) atoms. The molecule has 0 bridgehead atoms. The molecule has 0 fully saturated rings. The summed E-state index contributed by atoms with van der Waals surface area (Å²) in [6.07, 6.45) is -4.35. The van der Waals surface area contributed by atoms with E-state index in [0.29, 0.717) is 15.7 Å². The Morgan fingerprint density at radius 2 is 1.91 bits per heavy atom. The van der Waals surface area contributed by atoms with Crippen LogP contribution in [-0.4, -0.2) is 60.3 Å². The van der Waals surface area contributed by atoms with E-state index in [1.165, 1.54) is 22.6 Å². The van der Waals surface area contributed by atoms with Crippen LogP contribution in [0.4, 0.5) is 18.0 Å². The summed E-state index contributed by atoms with van der Waals surface area (Å²) < 4.78 is 54.0. The zero-order valence-electron chi connectivity index (χ0n) is 22.8. The van der Waals surface area contributed by atoms with E-state index in [9.17, 15) is 27.6 Å². The normalized spacial score (nSPS) is 16.9. The van der Waals surface area contributed by atoms with Crippen molar-refractivity contribution in [3.8, 4) is 5.75 Å². The summed E-state index contributed by atoms with van der Waals surface area (Å²) in [6, 6.07) is 11.0. The molecule has 2 atom stereocenters. The first-order chi connectivity index (χ1) is 20.5. The average Bonchev–Trinajstić information content (AvgIpc) is 3.14. The van der Waals surface area contributed by atoms with Crippen molar-refractivity contribution in [1.82, 2.24) is 14.9 Å². The molecule has 2 aliphatic heterocycles. The van der Waals surface area contributed by atoms with Gasteiger partial charge in [0, 0.05) is 41.0 Å². The number of benzene rings is 2. The smallest absolute Gasteiger partial charge is 0.410 e. The molecule has 2 amide bonds. The maximum absolute atomic E-state index is 14.1. The highest BCUT2D eigenvalue weighted by Gasteiger charge is 2.48. The first kappa shape index (κ1) is 30.6. The minimum atomic E-state index is -4.78. The monoisotopic (exact) mass is 637 g/mol. The Balaban J connectivity index is 1.67. The van der Waals surface area contributed by atoms with E-state index < -0.39 is 60.6 Å². The Labute approximate surface area is 253 Å². The molecule has 2 aromatic carbocycles. The lowest BCUT2D eigenvalue weighted by Gasteiger charge is -2.46. The van der Waals surface area contributed by atoms with Gasteiger partial charge in [-0.25, -0.2) is 4.79 Å². The van der Waals surface area contributed by atoms with Crippen LogP contribution in [0.1, 0.15) is 40.1 Å². The van der Waals surface area contributed by atoms with E-state index >= 15 is 0 Å². The molecule has 0 saturated carbocycles. The van der Waals surface area contributed by atoms with Crippen molar-refractivity contribution in [3.63, 3.8) is 0 Å². The van der Waals surface area contributed by atoms with Crippen molar-refractivity contribution in [1.29, 1.82) is 0 Å². The molecule has 3 aromatic rings. The number of pyridine rings is 1. The lowest BCUT2D eigenvalue weighted by Crippen LogP contribution is -2.60. The Morgan fingerprint density at radius 3 is 2.65 bits per heavy atom. The first-order valence-electron chi connectivity index (χ1n) is 13.2. The van der Waals surface area contributed by atoms with Gasteiger partial charge in [0.2, 0.25) is 18.0 Å². The number of carbonyl (C=O) groups excluding carboxylic acids is 2. The van der Waals surface area contributed by atoms with Gasteiger partial charge in [0.1, 0.15) is 12.7 Å². The van der Waals surface area contributed by atoms with Crippen molar-refractivity contribution >= 4 is 35.4 Å². The van der Waals surface area contributed by atoms with Crippen LogP contribution in [0.2, 0.25) is 5.02 Å². The van der Waals surface area contributed by atoms with Crippen LogP contribution in [0.15, 0.2) is 64.4 Å². The maximum atomic E-state index is 14.1. The molecule has 0 saturated heterocycles. The summed E-state index contributed by atoms with van der Waals surface area (Å²) in [5.74, 6) is -1.14. The third-order valence-electron chi connectivity index (χ3n) is 7.15. The summed E-state index contributed by atoms with van der Waals surface area (Å²) in [5, 5.41) is 4.41. The van der Waals surface area contributed by atoms with Crippen molar-refractivity contribution < 1.29 is 32.2 Å². The largest absolute Gasteiger partial charge is 0.451 e. The Bertz CT molecular complexity index is 1600. The summed E-state index contributed by atoms with van der Waals surface area (Å²) in [7, 11) is 0. The number of nitrogens with zero attached hydrogens (tertiary/aromatic N) is 3. The van der Waals surface area contributed by atoms with Crippen molar-refractivity contribution in [2.75, 3.05) is 31.6 Å². The van der Waals surface area contributed by atoms with Gasteiger partial charge in [-0.15, -0.1) is 11.8 Å². The number of ether oxygens (including phenoxy) is 2. The first-order valence-corrected chi connectivity index (χ1v) is 14.5. The minimum absolute atomic E-state index is 0.118. The third kappa shape index (κ3) is 5.99. The molecule has 15 heteroatoms. The number of carbonyl (C=O) groups is 2. The molecule has 10 nitrogen and oxygen atoms in total. The number of alkyl halides is 3. The number of hydrogen-bond donors (Lipinski definition) is 2. The zero-order valence-corrected chi connectivity index (χ0v) is 24.3. The number of nitrogens with one attached hydrogen (secondary N) is 1. The van der Waals surface area contributed by atoms with Crippen LogP contribution in [0.3, 0.4) is 0 Å². The Hall–Kier alpha value is -3.88. The predicted octanol–water partition coefficient (Wildman–Crippen LogP) is 4.22. The maximum Gasteiger partial charge on any atom is 0.410 e. The number of nitrogens with two attached hydrogens (primary N) is 1. The van der Waals surface area contributed by atoms with Gasteiger partial charge in [-0.2, -0.15) is 13.2 Å². The van der Waals surface area contributed by atoms with E-state index in [4.69, 9.17) is 26.8 Å². The Morgan fingerprint density at radius 1 is 1.16 bits per heavy atom. The van der Waals surface area contributed by atoms with Gasteiger partial charge >= 0.3 is 12.3 Å². The standard InChI is InChI=1S/C28H27ClF3N5O5S/c1-16(28(30,31)32)35-14-37(23-17-6-4-7-20(29)19(17)13-43-22-8-3-2-5-18(22)23)36-12-9-21(38)25(24(36)26(35)39)41-15-42-27(40)34-11-10-33/h2-9,12,16,23H,10-11,13-15,33H2,1H3,(H,34,40)/t16-,23+/m1/s1. The highest BCUT2D eigenvalue weighted by atomic mass is 35.5. The topological polar surface area (TPSA) is 119 Å². The highest BCUT2D eigenvalue weighted by Crippen LogP contribution is 2.45. The number of hydrogen-bond acceptors (Lipinski definition) is 8. The number of thioether (sulfide) groups is 1. The second kappa shape index (κ2) is 12.4. The van der Waals surface area contributed by atoms with Gasteiger partial charge in [0.25, 0.3) is 5.91 Å². The van der Waals surface area contributed by atoms with Gasteiger partial charge in [-0.3, -0.25) is 19.3 Å². The van der Waals surface area contributed by atoms with Crippen molar-refractivity contribution in [3.05, 3.63) is 92.4 Å². The van der Waals surface area contributed by atoms with E-state index in [0.717, 1.165) is 34.6 Å². The average molecular weight is 638 g/mol. The molecule has 3 N–H and O–H groups in total. The quantitative estimate of drug-likeness (QED) is 0.370. The van der Waals surface area contributed by atoms with E-state index in [1.54, 1.807) is 17.1 Å². The predicted molar refractivity (Wildman–Crippen MR) is 154 cm³/mol. The van der Waals surface area contributed by atoms with Gasteiger partial charge in [0.05, 0.1) is 6.04 Å². The van der Waals surface area contributed by atoms with Crippen LogP contribution >= 0.6 is 23.4 Å². The van der Waals surface area contributed by atoms with Crippen LogP contribution in [0.25, 0.3) is 0 Å². The molecule has 228 valence electrons. The summed E-state index contributed by atoms with van der Waals surface area (Å²) in [5.41, 5.74) is 6.41. The molecule has 0 spiro atoms. The molecule has 1 aromatic heterocycles. The highest BCUT2D eigenvalue weighted by molar-refractivity contribution is 7.98. The molecule has 0 radical (unpaired) electrons. The van der Waals surface area contributed by atoms with Gasteiger partial charge in [-0.05, 0) is 35.7 Å². The number of halogens is 4. The molecular weight excluding hydrogens is 611 g/mol. The van der Waals surface area contributed by atoms with Gasteiger partial charge < -0.3 is 25.4 Å². The Kier molecular flexibility index (Phi) is 8.81. The zero-order chi connectivity index (χ0) is 30.9. The molecule has 3 heterocycles. The van der Waals surface area contributed by atoms with Gasteiger partial charge in [0.15, 0.2) is 5.69 Å². The number of rotatable bonds is 7. The second-order valence-corrected chi connectivity index (χ2v) is 11.1. The number of aromatic nitrogens is 1. The molecule has 2 aliphatic rings. The fraction of sp³-hybridized carbons (Fsp3) is 0.321. The van der Waals surface area contributed by atoms with Crippen LogP contribution in [0.5, 0.6) is 5.75 Å². The van der Waals surface area contributed by atoms with Gasteiger partial charge in [-0.1, -0.05) is 41.9 Å². The fourth-order valence-corrected chi connectivity index (χ4v) is 6.46. The second-order valence-electron chi connectivity index (χ2n) is 9.72. The van der Waals surface area contributed by atoms with Crippen molar-refractivity contribution in [2.24, 2.45) is 5.73 Å². The van der Waals surface area contributed by atoms with E-state index in [-0.39, 0.29) is 13.1 Å². The fourth-order valence-electron chi connectivity index (χ4n) is 4.99. The lowest BCUT2D eigenvalue weighted by molar-refractivity contribution is -0.173. The minimum Gasteiger partial charge on any atom is -0.451 e. The van der Waals surface area contributed by atoms with E-state index in [2.05, 4.69) is 5.32 Å². The molecule has 0 aliphatic carbocycles. The number of fused-ring (bicyclic) bond motifs is 3. The van der Waals surface area contributed by atoms with Crippen LogP contribution < -0.4 is 26.2 Å². The lowest BCUT2D eigenvalue weighted by atomic mass is 9.94. The number of amides is 2. The summed E-state index contributed by atoms with van der Waals surface area (Å²) >= 11 is 8.15. The summed E-state index contributed by atoms with van der Waals surface area (Å²) in [6.45, 7) is -0.126. The van der Waals surface area contributed by atoms with Crippen LogP contribution in [0, 0.1) is 0 Å². The summed E-state index contributed by atoms with van der Waals surface area (Å²) in [4.78, 5) is 40.1.